The van der Waals surface area contributed by atoms with E-state index in [4.69, 9.17) is 24.4 Å². The van der Waals surface area contributed by atoms with E-state index in [9.17, 15) is 13.2 Å². The molecule has 132 valence electrons. The molecular formula is C15H19F3N4S2. The summed E-state index contributed by atoms with van der Waals surface area (Å²) in [5.74, 6) is 0. The first-order valence-corrected chi connectivity index (χ1v) is 8.47. The maximum absolute atomic E-state index is 12.7. The number of hydrogen-bond donors (Lipinski definition) is 4. The summed E-state index contributed by atoms with van der Waals surface area (Å²) in [6.07, 6.45) is 1.38. The highest BCUT2D eigenvalue weighted by molar-refractivity contribution is 7.80. The molecule has 0 radical (unpaired) electrons. The van der Waals surface area contributed by atoms with E-state index in [1.54, 1.807) is 0 Å². The van der Waals surface area contributed by atoms with Crippen LogP contribution in [0.3, 0.4) is 0 Å². The average molecular weight is 376 g/mol. The fourth-order valence-electron chi connectivity index (χ4n) is 2.52. The van der Waals surface area contributed by atoms with E-state index in [-0.39, 0.29) is 10.8 Å². The van der Waals surface area contributed by atoms with E-state index >= 15 is 0 Å². The normalized spacial score (nSPS) is 15.5. The summed E-state index contributed by atoms with van der Waals surface area (Å²) in [6.45, 7) is 0. The van der Waals surface area contributed by atoms with Crippen molar-refractivity contribution in [3.05, 3.63) is 29.8 Å². The largest absolute Gasteiger partial charge is 0.416 e. The average Bonchev–Trinajstić information content (AvgIpc) is 2.53. The van der Waals surface area contributed by atoms with Gasteiger partial charge in [0.2, 0.25) is 0 Å². The molecule has 0 saturated heterocycles. The zero-order chi connectivity index (χ0) is 17.6. The summed E-state index contributed by atoms with van der Waals surface area (Å²) < 4.78 is 38.0. The van der Waals surface area contributed by atoms with E-state index in [0.717, 1.165) is 25.0 Å². The van der Waals surface area contributed by atoms with Gasteiger partial charge in [0.05, 0.1) is 5.56 Å². The Kier molecular flexibility index (Phi) is 6.61. The van der Waals surface area contributed by atoms with Crippen LogP contribution in [-0.4, -0.2) is 16.3 Å². The molecule has 2 rings (SSSR count). The number of anilines is 1. The number of nitrogens with one attached hydrogen (secondary N) is 4. The number of hydrogen-bond acceptors (Lipinski definition) is 2. The summed E-state index contributed by atoms with van der Waals surface area (Å²) >= 11 is 10.2. The highest BCUT2D eigenvalue weighted by Gasteiger charge is 2.30. The summed E-state index contributed by atoms with van der Waals surface area (Å²) in [6, 6.07) is 5.17. The van der Waals surface area contributed by atoms with E-state index in [1.165, 1.54) is 31.4 Å². The minimum atomic E-state index is -4.39. The molecule has 4 N–H and O–H groups in total. The molecular weight excluding hydrogens is 357 g/mol. The Morgan fingerprint density at radius 2 is 1.67 bits per heavy atom. The first-order valence-electron chi connectivity index (χ1n) is 7.65. The van der Waals surface area contributed by atoms with Gasteiger partial charge in [0.25, 0.3) is 0 Å². The van der Waals surface area contributed by atoms with Gasteiger partial charge in [0.15, 0.2) is 10.2 Å². The zero-order valence-corrected chi connectivity index (χ0v) is 14.5. The number of alkyl halides is 3. The van der Waals surface area contributed by atoms with Crippen LogP contribution in [0.1, 0.15) is 37.7 Å². The lowest BCUT2D eigenvalue weighted by Crippen LogP contribution is -2.51. The van der Waals surface area contributed by atoms with Crippen LogP contribution in [0.25, 0.3) is 0 Å². The molecule has 0 aromatic heterocycles. The second-order valence-corrected chi connectivity index (χ2v) is 6.41. The molecule has 24 heavy (non-hydrogen) atoms. The fraction of sp³-hybridized carbons (Fsp3) is 0.467. The van der Waals surface area contributed by atoms with Crippen LogP contribution in [0.15, 0.2) is 24.3 Å². The molecule has 0 amide bonds. The second kappa shape index (κ2) is 8.48. The quantitative estimate of drug-likeness (QED) is 0.466. The van der Waals surface area contributed by atoms with Crippen molar-refractivity contribution in [3.8, 4) is 0 Å². The molecule has 0 spiro atoms. The lowest BCUT2D eigenvalue weighted by Gasteiger charge is -2.24. The third-order valence-electron chi connectivity index (χ3n) is 3.68. The van der Waals surface area contributed by atoms with Crippen molar-refractivity contribution in [2.45, 2.75) is 44.3 Å². The van der Waals surface area contributed by atoms with Gasteiger partial charge in [-0.15, -0.1) is 0 Å². The van der Waals surface area contributed by atoms with Crippen LogP contribution in [0.5, 0.6) is 0 Å². The van der Waals surface area contributed by atoms with Crippen molar-refractivity contribution in [2.75, 3.05) is 5.32 Å². The SMILES string of the molecule is FC(F)(F)c1cccc(NC(=S)NNC(=S)NC2CCCCC2)c1. The van der Waals surface area contributed by atoms with Gasteiger partial charge in [-0.2, -0.15) is 13.2 Å². The Balaban J connectivity index is 1.77. The maximum atomic E-state index is 12.7. The van der Waals surface area contributed by atoms with Gasteiger partial charge in [-0.1, -0.05) is 25.3 Å². The van der Waals surface area contributed by atoms with E-state index < -0.39 is 11.7 Å². The predicted molar refractivity (Wildman–Crippen MR) is 96.5 cm³/mol. The first-order chi connectivity index (χ1) is 11.3. The molecule has 9 heteroatoms. The topological polar surface area (TPSA) is 48.1 Å². The standard InChI is InChI=1S/C15H19F3N4S2/c16-15(17,18)10-5-4-8-12(9-10)20-14(24)22-21-13(23)19-11-6-2-1-3-7-11/h4-5,8-9,11H,1-3,6-7H2,(H2,19,21,23)(H2,20,22,24). The number of rotatable bonds is 2. The van der Waals surface area contributed by atoms with Gasteiger partial charge >= 0.3 is 6.18 Å². The van der Waals surface area contributed by atoms with E-state index in [0.29, 0.717) is 11.2 Å². The summed E-state index contributed by atoms with van der Waals surface area (Å²) in [5, 5.41) is 6.41. The molecule has 1 saturated carbocycles. The Bertz CT molecular complexity index is 586. The summed E-state index contributed by atoms with van der Waals surface area (Å²) in [4.78, 5) is 0. The molecule has 1 aromatic carbocycles. The van der Waals surface area contributed by atoms with Crippen LogP contribution >= 0.6 is 24.4 Å². The van der Waals surface area contributed by atoms with Crippen molar-refractivity contribution < 1.29 is 13.2 Å². The van der Waals surface area contributed by atoms with Gasteiger partial charge in [-0.25, -0.2) is 0 Å². The smallest absolute Gasteiger partial charge is 0.359 e. The fourth-order valence-corrected chi connectivity index (χ4v) is 2.90. The van der Waals surface area contributed by atoms with Crippen molar-refractivity contribution in [1.29, 1.82) is 0 Å². The van der Waals surface area contributed by atoms with Gasteiger partial charge < -0.3 is 10.6 Å². The number of hydrazine groups is 1. The van der Waals surface area contributed by atoms with Crippen LogP contribution < -0.4 is 21.5 Å². The lowest BCUT2D eigenvalue weighted by molar-refractivity contribution is -0.137. The molecule has 1 aromatic rings. The molecule has 0 unspecified atom stereocenters. The number of thiocarbonyl (C=S) groups is 2. The van der Waals surface area contributed by atoms with Gasteiger partial charge in [-0.05, 0) is 55.5 Å². The minimum Gasteiger partial charge on any atom is -0.359 e. The van der Waals surface area contributed by atoms with Crippen molar-refractivity contribution >= 4 is 40.3 Å². The van der Waals surface area contributed by atoms with Crippen LogP contribution in [0.2, 0.25) is 0 Å². The van der Waals surface area contributed by atoms with Crippen molar-refractivity contribution in [1.82, 2.24) is 16.2 Å². The van der Waals surface area contributed by atoms with Gasteiger partial charge in [0, 0.05) is 11.7 Å². The highest BCUT2D eigenvalue weighted by Crippen LogP contribution is 2.30. The minimum absolute atomic E-state index is 0.127. The molecule has 1 fully saturated rings. The van der Waals surface area contributed by atoms with Gasteiger partial charge in [0.1, 0.15) is 0 Å². The van der Waals surface area contributed by atoms with Crippen LogP contribution in [0.4, 0.5) is 18.9 Å². The molecule has 0 aliphatic heterocycles. The molecule has 4 nitrogen and oxygen atoms in total. The second-order valence-electron chi connectivity index (χ2n) is 5.59. The highest BCUT2D eigenvalue weighted by atomic mass is 32.1. The zero-order valence-electron chi connectivity index (χ0n) is 12.9. The van der Waals surface area contributed by atoms with Crippen molar-refractivity contribution in [3.63, 3.8) is 0 Å². The molecule has 0 atom stereocenters. The lowest BCUT2D eigenvalue weighted by atomic mass is 9.96. The van der Waals surface area contributed by atoms with E-state index in [2.05, 4.69) is 21.5 Å². The Labute approximate surface area is 149 Å². The molecule has 1 aliphatic rings. The van der Waals surface area contributed by atoms with Crippen molar-refractivity contribution in [2.24, 2.45) is 0 Å². The molecule has 1 aliphatic carbocycles. The Morgan fingerprint density at radius 1 is 1.00 bits per heavy atom. The third-order valence-corrected chi connectivity index (χ3v) is 4.10. The van der Waals surface area contributed by atoms with Gasteiger partial charge in [-0.3, -0.25) is 10.9 Å². The molecule has 0 bridgehead atoms. The maximum Gasteiger partial charge on any atom is 0.416 e. The first kappa shape index (κ1) is 18.7. The van der Waals surface area contributed by atoms with E-state index in [1.807, 2.05) is 0 Å². The number of benzene rings is 1. The molecule has 0 heterocycles. The Morgan fingerprint density at radius 3 is 2.33 bits per heavy atom. The third kappa shape index (κ3) is 6.12. The monoisotopic (exact) mass is 376 g/mol. The summed E-state index contributed by atoms with van der Waals surface area (Å²) in [5.41, 5.74) is 4.91. The summed E-state index contributed by atoms with van der Waals surface area (Å²) in [7, 11) is 0. The number of halogens is 3. The van der Waals surface area contributed by atoms with Crippen LogP contribution in [0, 0.1) is 0 Å². The Hall–Kier alpha value is -1.61. The predicted octanol–water partition coefficient (Wildman–Crippen LogP) is 3.70. The van der Waals surface area contributed by atoms with Crippen LogP contribution in [-0.2, 0) is 6.18 Å².